The summed E-state index contributed by atoms with van der Waals surface area (Å²) >= 11 is 6.61. The van der Waals surface area contributed by atoms with Crippen LogP contribution in [0, 0.1) is 23.5 Å². The molecular weight excluding hydrogens is 702 g/mol. The molecule has 3 N–H and O–H groups in total. The van der Waals surface area contributed by atoms with Crippen molar-refractivity contribution in [3.05, 3.63) is 99.2 Å². The van der Waals surface area contributed by atoms with Crippen LogP contribution in [0.5, 0.6) is 0 Å². The van der Waals surface area contributed by atoms with E-state index < -0.39 is 39.2 Å². The number of hydrogen-bond donors (Lipinski definition) is 3. The number of rotatable bonds is 9. The van der Waals surface area contributed by atoms with Crippen LogP contribution >= 0.6 is 11.6 Å². The molecule has 0 radical (unpaired) electrons. The first-order chi connectivity index (χ1) is 24.0. The van der Waals surface area contributed by atoms with Gasteiger partial charge in [-0.25, -0.2) is 22.2 Å². The highest BCUT2D eigenvalue weighted by Crippen LogP contribution is 2.40. The molecule has 1 aliphatic rings. The van der Waals surface area contributed by atoms with Crippen molar-refractivity contribution in [1.82, 2.24) is 25.2 Å². The first kappa shape index (κ1) is 35.7. The Kier molecular flexibility index (Phi) is 9.73. The van der Waals surface area contributed by atoms with Gasteiger partial charge in [0.25, 0.3) is 0 Å². The lowest BCUT2D eigenvalue weighted by Crippen LogP contribution is -2.32. The average molecular weight is 735 g/mol. The van der Waals surface area contributed by atoms with Gasteiger partial charge in [-0.15, -0.1) is 0 Å². The molecule has 15 heteroatoms. The molecule has 11 nitrogen and oxygen atoms in total. The van der Waals surface area contributed by atoms with Crippen molar-refractivity contribution in [1.29, 1.82) is 0 Å². The van der Waals surface area contributed by atoms with Crippen LogP contribution in [0.4, 0.5) is 14.6 Å². The number of carbonyl (C=O) groups excluding carboxylic acids is 1. The van der Waals surface area contributed by atoms with Crippen LogP contribution in [0.1, 0.15) is 60.3 Å². The molecule has 0 bridgehead atoms. The fraction of sp³-hybridized carbons (Fsp3) is 0.278. The number of nitrogens with zero attached hydrogens (tertiary/aromatic N) is 4. The number of aryl methyl sites for hydroxylation is 1. The highest BCUT2D eigenvalue weighted by molar-refractivity contribution is 7.92. The third kappa shape index (κ3) is 8.28. The summed E-state index contributed by atoms with van der Waals surface area (Å²) in [5, 5.41) is 22.3. The SMILES string of the molecule is Cn1nc(NS(C)(=O)=O)c2c(Cl)ccc(-c3ccc(C#CC(C)(C)O)nc3[C@H](Cc3cc(F)cc(F)c3)NC(=O)Cc3noc4c3CCC=C4)c21. The number of hydrogen-bond acceptors (Lipinski definition) is 8. The molecule has 51 heavy (non-hydrogen) atoms. The van der Waals surface area contributed by atoms with Gasteiger partial charge in [0.1, 0.15) is 22.9 Å². The van der Waals surface area contributed by atoms with Gasteiger partial charge >= 0.3 is 0 Å². The third-order valence-electron chi connectivity index (χ3n) is 8.02. The largest absolute Gasteiger partial charge is 0.378 e. The average Bonchev–Trinajstić information content (AvgIpc) is 3.58. The Bertz CT molecular complexity index is 2370. The standard InChI is InChI=1S/C36H33ClF2N6O5S/c1-36(2,47)14-13-23-9-10-24(25-11-12-27(37)32-34(25)45(3)42-35(32)44-51(4,48)49)33(40-23)29(17-20-15-21(38)18-22(39)16-20)41-31(46)19-28-26-7-5-6-8-30(26)50-43-28/h6,8-12,15-16,18,29,47H,5,7,17,19H2,1-4H3,(H,41,46)(H,42,44)/t29-/m0/s1. The number of aliphatic hydroxyl groups is 1. The quantitative estimate of drug-likeness (QED) is 0.164. The van der Waals surface area contributed by atoms with Gasteiger partial charge in [-0.3, -0.25) is 14.2 Å². The first-order valence-electron chi connectivity index (χ1n) is 15.8. The number of benzene rings is 2. The highest BCUT2D eigenvalue weighted by atomic mass is 35.5. The van der Waals surface area contributed by atoms with Crippen LogP contribution in [0.3, 0.4) is 0 Å². The van der Waals surface area contributed by atoms with E-state index >= 15 is 0 Å². The van der Waals surface area contributed by atoms with Gasteiger partial charge in [-0.1, -0.05) is 34.8 Å². The lowest BCUT2D eigenvalue weighted by molar-refractivity contribution is -0.121. The van der Waals surface area contributed by atoms with E-state index in [0.717, 1.165) is 24.3 Å². The number of pyridine rings is 1. The second-order valence-electron chi connectivity index (χ2n) is 12.8. The van der Waals surface area contributed by atoms with Crippen molar-refractivity contribution in [2.24, 2.45) is 7.05 Å². The zero-order valence-corrected chi connectivity index (χ0v) is 29.6. The Morgan fingerprint density at radius 2 is 1.88 bits per heavy atom. The molecule has 0 fully saturated rings. The topological polar surface area (TPSA) is 152 Å². The second-order valence-corrected chi connectivity index (χ2v) is 15.0. The summed E-state index contributed by atoms with van der Waals surface area (Å²) in [4.78, 5) is 18.6. The number of carbonyl (C=O) groups is 1. The van der Waals surface area contributed by atoms with E-state index in [-0.39, 0.29) is 40.6 Å². The van der Waals surface area contributed by atoms with Crippen LogP contribution in [0.15, 0.2) is 53.1 Å². The van der Waals surface area contributed by atoms with Crippen molar-refractivity contribution in [3.63, 3.8) is 0 Å². The fourth-order valence-corrected chi connectivity index (χ4v) is 6.72. The van der Waals surface area contributed by atoms with Crippen molar-refractivity contribution < 1.29 is 31.6 Å². The molecule has 1 atom stereocenters. The van der Waals surface area contributed by atoms with Crippen LogP contribution in [-0.4, -0.2) is 51.2 Å². The number of anilines is 1. The van der Waals surface area contributed by atoms with Gasteiger partial charge in [0, 0.05) is 29.8 Å². The van der Waals surface area contributed by atoms with E-state index in [4.69, 9.17) is 21.1 Å². The van der Waals surface area contributed by atoms with Crippen LogP contribution < -0.4 is 10.0 Å². The van der Waals surface area contributed by atoms with Gasteiger partial charge in [0.2, 0.25) is 15.9 Å². The minimum Gasteiger partial charge on any atom is -0.378 e. The van der Waals surface area contributed by atoms with Gasteiger partial charge in [-0.05, 0) is 81.0 Å². The lowest BCUT2D eigenvalue weighted by Gasteiger charge is -2.22. The van der Waals surface area contributed by atoms with Crippen LogP contribution in [0.25, 0.3) is 28.1 Å². The number of sulfonamides is 1. The Labute approximate surface area is 297 Å². The predicted octanol–water partition coefficient (Wildman–Crippen LogP) is 5.65. The summed E-state index contributed by atoms with van der Waals surface area (Å²) in [6.45, 7) is 3.04. The summed E-state index contributed by atoms with van der Waals surface area (Å²) in [5.74, 6) is 4.15. The number of allylic oxidation sites excluding steroid dienone is 1. The van der Waals surface area contributed by atoms with E-state index in [0.29, 0.717) is 39.9 Å². The van der Waals surface area contributed by atoms with Gasteiger partial charge in [0.15, 0.2) is 11.6 Å². The van der Waals surface area contributed by atoms with Crippen LogP contribution in [0.2, 0.25) is 5.02 Å². The van der Waals surface area contributed by atoms with E-state index in [1.807, 2.05) is 12.2 Å². The van der Waals surface area contributed by atoms with E-state index in [1.54, 1.807) is 31.3 Å². The molecule has 264 valence electrons. The molecular formula is C36H33ClF2N6O5S. The molecule has 3 heterocycles. The second kappa shape index (κ2) is 13.9. The third-order valence-corrected chi connectivity index (χ3v) is 8.90. The Balaban J connectivity index is 1.53. The predicted molar refractivity (Wildman–Crippen MR) is 189 cm³/mol. The Morgan fingerprint density at radius 3 is 2.59 bits per heavy atom. The summed E-state index contributed by atoms with van der Waals surface area (Å²) < 4.78 is 62.6. The molecule has 0 unspecified atom stereocenters. The molecule has 3 aromatic heterocycles. The van der Waals surface area contributed by atoms with E-state index in [1.165, 1.54) is 30.7 Å². The van der Waals surface area contributed by atoms with Crippen molar-refractivity contribution in [2.75, 3.05) is 11.0 Å². The summed E-state index contributed by atoms with van der Waals surface area (Å²) in [7, 11) is -2.12. The minimum atomic E-state index is -3.73. The maximum Gasteiger partial charge on any atom is 0.231 e. The molecule has 0 saturated carbocycles. The zero-order valence-electron chi connectivity index (χ0n) is 28.0. The normalized spacial score (nSPS) is 13.4. The molecule has 0 aliphatic heterocycles. The summed E-state index contributed by atoms with van der Waals surface area (Å²) in [6.07, 6.45) is 5.97. The molecule has 0 saturated heterocycles. The molecule has 2 aromatic carbocycles. The maximum absolute atomic E-state index is 14.5. The zero-order chi connectivity index (χ0) is 36.7. The smallest absolute Gasteiger partial charge is 0.231 e. The fourth-order valence-electron chi connectivity index (χ4n) is 5.99. The van der Waals surface area contributed by atoms with Gasteiger partial charge in [-0.2, -0.15) is 5.10 Å². The van der Waals surface area contributed by atoms with Crippen molar-refractivity contribution >= 4 is 50.3 Å². The first-order valence-corrected chi connectivity index (χ1v) is 18.1. The van der Waals surface area contributed by atoms with E-state index in [9.17, 15) is 27.1 Å². The number of aromatic nitrogens is 4. The van der Waals surface area contributed by atoms with Crippen molar-refractivity contribution in [2.45, 2.75) is 51.2 Å². The number of halogens is 3. The van der Waals surface area contributed by atoms with Gasteiger partial charge in [0.05, 0.1) is 46.0 Å². The van der Waals surface area contributed by atoms with Crippen molar-refractivity contribution in [3.8, 4) is 23.0 Å². The molecule has 1 amide bonds. The Morgan fingerprint density at radius 1 is 1.16 bits per heavy atom. The maximum atomic E-state index is 14.5. The molecule has 1 aliphatic carbocycles. The van der Waals surface area contributed by atoms with Crippen LogP contribution in [-0.2, 0) is 41.1 Å². The minimum absolute atomic E-state index is 0.00917. The van der Waals surface area contributed by atoms with E-state index in [2.05, 4.69) is 32.1 Å². The summed E-state index contributed by atoms with van der Waals surface area (Å²) in [6, 6.07) is 8.72. The Hall–Kier alpha value is -5.10. The molecule has 0 spiro atoms. The molecule has 6 rings (SSSR count). The molecule has 5 aromatic rings. The lowest BCUT2D eigenvalue weighted by atomic mass is 9.93. The monoisotopic (exact) mass is 734 g/mol. The number of amides is 1. The summed E-state index contributed by atoms with van der Waals surface area (Å²) in [5.41, 5.74) is 2.12. The number of nitrogens with one attached hydrogen (secondary N) is 2. The highest BCUT2D eigenvalue weighted by Gasteiger charge is 2.27. The number of fused-ring (bicyclic) bond motifs is 2. The van der Waals surface area contributed by atoms with Gasteiger partial charge < -0.3 is 14.9 Å².